The van der Waals surface area contributed by atoms with E-state index in [0.29, 0.717) is 34.4 Å². The zero-order valence-corrected chi connectivity index (χ0v) is 18.9. The maximum absolute atomic E-state index is 13.6. The number of hydrogen-bond acceptors (Lipinski definition) is 6. The van der Waals surface area contributed by atoms with E-state index < -0.39 is 5.82 Å². The van der Waals surface area contributed by atoms with E-state index in [1.165, 1.54) is 35.2 Å². The molecule has 3 aromatic heterocycles. The second-order valence-corrected chi connectivity index (χ2v) is 8.86. The summed E-state index contributed by atoms with van der Waals surface area (Å²) >= 11 is 0. The van der Waals surface area contributed by atoms with Crippen molar-refractivity contribution >= 4 is 33.5 Å². The molecule has 1 aliphatic carbocycles. The minimum Gasteiger partial charge on any atom is -0.337 e. The van der Waals surface area contributed by atoms with E-state index in [0.717, 1.165) is 29.3 Å². The maximum Gasteiger partial charge on any atom is 0.278 e. The highest BCUT2D eigenvalue weighted by Crippen LogP contribution is 2.38. The van der Waals surface area contributed by atoms with Gasteiger partial charge in [0.15, 0.2) is 5.82 Å². The van der Waals surface area contributed by atoms with Crippen LogP contribution in [0.15, 0.2) is 58.1 Å². The third kappa shape index (κ3) is 3.96. The Morgan fingerprint density at radius 1 is 1.20 bits per heavy atom. The van der Waals surface area contributed by atoms with E-state index in [9.17, 15) is 14.0 Å². The van der Waals surface area contributed by atoms with Gasteiger partial charge in [0.25, 0.3) is 5.56 Å². The van der Waals surface area contributed by atoms with Crippen molar-refractivity contribution in [3.05, 3.63) is 82.2 Å². The molecule has 3 heterocycles. The molecule has 35 heavy (non-hydrogen) atoms. The van der Waals surface area contributed by atoms with Gasteiger partial charge >= 0.3 is 0 Å². The number of nitrogens with one attached hydrogen (secondary N) is 1. The number of benzene rings is 2. The van der Waals surface area contributed by atoms with Crippen LogP contribution >= 0.6 is 0 Å². The highest BCUT2D eigenvalue weighted by Gasteiger charge is 2.29. The van der Waals surface area contributed by atoms with E-state index in [-0.39, 0.29) is 24.6 Å². The Balaban J connectivity index is 1.40. The zero-order valence-electron chi connectivity index (χ0n) is 18.9. The molecule has 10 heteroatoms. The lowest BCUT2D eigenvalue weighted by Crippen LogP contribution is -2.25. The van der Waals surface area contributed by atoms with Gasteiger partial charge in [-0.15, -0.1) is 0 Å². The number of anilines is 1. The Morgan fingerprint density at radius 2 is 2.00 bits per heavy atom. The molecule has 0 bridgehead atoms. The molecule has 1 fully saturated rings. The molecule has 0 saturated heterocycles. The first-order chi connectivity index (χ1) is 17.0. The number of hydrogen-bond donors (Lipinski definition) is 1. The van der Waals surface area contributed by atoms with Crippen molar-refractivity contribution in [3.63, 3.8) is 0 Å². The average molecular weight is 472 g/mol. The van der Waals surface area contributed by atoms with Gasteiger partial charge in [-0.25, -0.2) is 9.37 Å². The van der Waals surface area contributed by atoms with Crippen LogP contribution in [0.5, 0.6) is 0 Å². The fourth-order valence-corrected chi connectivity index (χ4v) is 4.25. The van der Waals surface area contributed by atoms with Crippen LogP contribution in [-0.4, -0.2) is 30.2 Å². The van der Waals surface area contributed by atoms with Crippen molar-refractivity contribution in [3.8, 4) is 0 Å². The summed E-state index contributed by atoms with van der Waals surface area (Å²) in [6.45, 7) is 1.93. The van der Waals surface area contributed by atoms with Crippen molar-refractivity contribution in [1.82, 2.24) is 24.3 Å². The molecule has 0 radical (unpaired) electrons. The van der Waals surface area contributed by atoms with Gasteiger partial charge in [0.2, 0.25) is 11.8 Å². The number of halogens is 1. The Kier molecular flexibility index (Phi) is 4.94. The number of rotatable bonds is 6. The minimum absolute atomic E-state index is 0.0871. The lowest BCUT2D eigenvalue weighted by molar-refractivity contribution is -0.116. The highest BCUT2D eigenvalue weighted by molar-refractivity contribution is 6.06. The SMILES string of the molecule is Cc1ccc2c(c1)c1ncn(Cc3nc(C4CC4)no3)c(=O)c1n2CC(=O)Nc1ccc(F)cc1. The molecule has 1 amide bonds. The summed E-state index contributed by atoms with van der Waals surface area (Å²) < 4.78 is 21.6. The first kappa shape index (κ1) is 21.2. The smallest absolute Gasteiger partial charge is 0.278 e. The molecule has 1 N–H and O–H groups in total. The molecule has 176 valence electrons. The Bertz CT molecular complexity index is 1650. The average Bonchev–Trinajstić information content (AvgIpc) is 3.51. The molecule has 0 spiro atoms. The Morgan fingerprint density at radius 3 is 2.77 bits per heavy atom. The minimum atomic E-state index is -0.391. The fraction of sp³-hybridized carbons (Fsp3) is 0.240. The van der Waals surface area contributed by atoms with Gasteiger partial charge in [0.1, 0.15) is 29.9 Å². The van der Waals surface area contributed by atoms with Crippen LogP contribution in [0, 0.1) is 12.7 Å². The second-order valence-electron chi connectivity index (χ2n) is 8.86. The summed E-state index contributed by atoms with van der Waals surface area (Å²) in [6, 6.07) is 11.3. The quantitative estimate of drug-likeness (QED) is 0.403. The van der Waals surface area contributed by atoms with Gasteiger partial charge in [0.05, 0.1) is 11.8 Å². The molecule has 1 aliphatic rings. The Labute approximate surface area is 198 Å². The summed E-state index contributed by atoms with van der Waals surface area (Å²) in [5, 5.41) is 7.55. The van der Waals surface area contributed by atoms with E-state index in [1.54, 1.807) is 4.57 Å². The standard InChI is InChI=1S/C25H21FN6O3/c1-14-2-9-19-18(10-14)22-23(32(19)11-20(33)28-17-7-5-16(26)6-8-17)25(34)31(13-27-22)12-21-29-24(30-35-21)15-3-4-15/h2,5-10,13,15H,3-4,11-12H2,1H3,(H,28,33). The number of carbonyl (C=O) groups is 1. The van der Waals surface area contributed by atoms with Gasteiger partial charge in [-0.05, 0) is 56.2 Å². The van der Waals surface area contributed by atoms with Crippen molar-refractivity contribution in [2.24, 2.45) is 0 Å². The topological polar surface area (TPSA) is 108 Å². The molecule has 0 aliphatic heterocycles. The largest absolute Gasteiger partial charge is 0.337 e. The normalized spacial score (nSPS) is 13.5. The van der Waals surface area contributed by atoms with Crippen molar-refractivity contribution in [2.75, 3.05) is 5.32 Å². The zero-order chi connectivity index (χ0) is 24.1. The van der Waals surface area contributed by atoms with Crippen LogP contribution in [0.1, 0.15) is 36.0 Å². The van der Waals surface area contributed by atoms with Gasteiger partial charge < -0.3 is 14.4 Å². The molecular formula is C25H21FN6O3. The van der Waals surface area contributed by atoms with Crippen LogP contribution in [0.25, 0.3) is 21.9 Å². The number of nitrogens with zero attached hydrogens (tertiary/aromatic N) is 5. The summed E-state index contributed by atoms with van der Waals surface area (Å²) in [5.41, 5.74) is 2.71. The Hall–Kier alpha value is -4.34. The maximum atomic E-state index is 13.6. The van der Waals surface area contributed by atoms with Crippen LogP contribution in [-0.2, 0) is 17.9 Å². The highest BCUT2D eigenvalue weighted by atomic mass is 19.1. The molecule has 6 rings (SSSR count). The molecule has 9 nitrogen and oxygen atoms in total. The molecule has 5 aromatic rings. The predicted molar refractivity (Wildman–Crippen MR) is 127 cm³/mol. The summed E-state index contributed by atoms with van der Waals surface area (Å²) in [7, 11) is 0. The number of amides is 1. The van der Waals surface area contributed by atoms with Crippen LogP contribution in [0.2, 0.25) is 0 Å². The van der Waals surface area contributed by atoms with E-state index in [1.807, 2.05) is 25.1 Å². The molecule has 0 atom stereocenters. The lowest BCUT2D eigenvalue weighted by atomic mass is 10.1. The molecule has 2 aromatic carbocycles. The molecule has 1 saturated carbocycles. The van der Waals surface area contributed by atoms with E-state index >= 15 is 0 Å². The van der Waals surface area contributed by atoms with Crippen LogP contribution in [0.3, 0.4) is 0 Å². The fourth-order valence-electron chi connectivity index (χ4n) is 4.25. The van der Waals surface area contributed by atoms with Gasteiger partial charge in [-0.1, -0.05) is 16.8 Å². The second kappa shape index (κ2) is 8.15. The van der Waals surface area contributed by atoms with Crippen LogP contribution < -0.4 is 10.9 Å². The molecule has 0 unspecified atom stereocenters. The lowest BCUT2D eigenvalue weighted by Gasteiger charge is -2.09. The third-order valence-corrected chi connectivity index (χ3v) is 6.14. The monoisotopic (exact) mass is 472 g/mol. The summed E-state index contributed by atoms with van der Waals surface area (Å²) in [4.78, 5) is 35.4. The molecular weight excluding hydrogens is 451 g/mol. The first-order valence-electron chi connectivity index (χ1n) is 11.3. The van der Waals surface area contributed by atoms with Crippen molar-refractivity contribution in [2.45, 2.75) is 38.8 Å². The number of fused-ring (bicyclic) bond motifs is 3. The summed E-state index contributed by atoms with van der Waals surface area (Å²) in [5.74, 6) is 0.608. The predicted octanol–water partition coefficient (Wildman–Crippen LogP) is 3.75. The summed E-state index contributed by atoms with van der Waals surface area (Å²) in [6.07, 6.45) is 3.56. The first-order valence-corrected chi connectivity index (χ1v) is 11.3. The van der Waals surface area contributed by atoms with Crippen LogP contribution in [0.4, 0.5) is 10.1 Å². The number of aryl methyl sites for hydroxylation is 1. The van der Waals surface area contributed by atoms with Crippen molar-refractivity contribution < 1.29 is 13.7 Å². The van der Waals surface area contributed by atoms with E-state index in [2.05, 4.69) is 20.4 Å². The van der Waals surface area contributed by atoms with E-state index in [4.69, 9.17) is 4.52 Å². The number of carbonyl (C=O) groups excluding carboxylic acids is 1. The van der Waals surface area contributed by atoms with Crippen molar-refractivity contribution in [1.29, 1.82) is 0 Å². The third-order valence-electron chi connectivity index (χ3n) is 6.14. The van der Waals surface area contributed by atoms with Gasteiger partial charge in [0, 0.05) is 17.0 Å². The number of aromatic nitrogens is 5. The van der Waals surface area contributed by atoms with Gasteiger partial charge in [-0.2, -0.15) is 4.98 Å². The van der Waals surface area contributed by atoms with Gasteiger partial charge in [-0.3, -0.25) is 14.2 Å².